The van der Waals surface area contributed by atoms with Crippen molar-refractivity contribution < 1.29 is 4.74 Å². The Hall–Kier alpha value is -1.06. The average Bonchev–Trinajstić information content (AvgIpc) is 2.71. The highest BCUT2D eigenvalue weighted by Crippen LogP contribution is 2.28. The van der Waals surface area contributed by atoms with Crippen LogP contribution in [0.2, 0.25) is 0 Å². The van der Waals surface area contributed by atoms with E-state index in [1.54, 1.807) is 7.11 Å². The molecule has 0 bridgehead atoms. The molecular weight excluding hydrogens is 212 g/mol. The summed E-state index contributed by atoms with van der Waals surface area (Å²) in [6.07, 6.45) is 1.04. The van der Waals surface area contributed by atoms with Gasteiger partial charge in [-0.15, -0.1) is 0 Å². The first-order chi connectivity index (χ1) is 8.02. The molecule has 2 rings (SSSR count). The maximum absolute atomic E-state index is 5.99. The third-order valence-corrected chi connectivity index (χ3v) is 3.67. The number of nitrogens with zero attached hydrogens (tertiary/aromatic N) is 1. The Bertz CT molecular complexity index is 401. The van der Waals surface area contributed by atoms with E-state index in [9.17, 15) is 0 Å². The SMILES string of the molecule is COC(C)(C)CCN1Cc2cccc(N)c2C1. The van der Waals surface area contributed by atoms with Crippen LogP contribution in [0.4, 0.5) is 5.69 Å². The van der Waals surface area contributed by atoms with Crippen molar-refractivity contribution in [1.82, 2.24) is 4.90 Å². The van der Waals surface area contributed by atoms with Gasteiger partial charge in [-0.25, -0.2) is 0 Å². The van der Waals surface area contributed by atoms with Gasteiger partial charge in [0.05, 0.1) is 5.60 Å². The van der Waals surface area contributed by atoms with Gasteiger partial charge in [-0.2, -0.15) is 0 Å². The largest absolute Gasteiger partial charge is 0.398 e. The van der Waals surface area contributed by atoms with Crippen LogP contribution < -0.4 is 5.73 Å². The van der Waals surface area contributed by atoms with Gasteiger partial charge in [0, 0.05) is 32.4 Å². The number of fused-ring (bicyclic) bond motifs is 1. The van der Waals surface area contributed by atoms with Gasteiger partial charge in [-0.05, 0) is 37.5 Å². The smallest absolute Gasteiger partial charge is 0.0634 e. The van der Waals surface area contributed by atoms with Crippen LogP contribution in [0, 0.1) is 0 Å². The van der Waals surface area contributed by atoms with Gasteiger partial charge in [0.25, 0.3) is 0 Å². The van der Waals surface area contributed by atoms with E-state index in [0.29, 0.717) is 0 Å². The molecule has 3 heteroatoms. The van der Waals surface area contributed by atoms with Gasteiger partial charge in [0.1, 0.15) is 0 Å². The van der Waals surface area contributed by atoms with E-state index < -0.39 is 0 Å². The monoisotopic (exact) mass is 234 g/mol. The van der Waals surface area contributed by atoms with E-state index in [-0.39, 0.29) is 5.60 Å². The lowest BCUT2D eigenvalue weighted by Gasteiger charge is -2.25. The number of hydrogen-bond acceptors (Lipinski definition) is 3. The molecule has 1 aliphatic heterocycles. The molecule has 0 aromatic heterocycles. The van der Waals surface area contributed by atoms with Crippen LogP contribution >= 0.6 is 0 Å². The molecule has 1 heterocycles. The second-order valence-corrected chi connectivity index (χ2v) is 5.41. The molecule has 2 N–H and O–H groups in total. The summed E-state index contributed by atoms with van der Waals surface area (Å²) in [5, 5.41) is 0. The number of anilines is 1. The summed E-state index contributed by atoms with van der Waals surface area (Å²) in [6.45, 7) is 7.30. The van der Waals surface area contributed by atoms with Crippen LogP contribution in [0.15, 0.2) is 18.2 Å². The van der Waals surface area contributed by atoms with Crippen molar-refractivity contribution in [3.05, 3.63) is 29.3 Å². The summed E-state index contributed by atoms with van der Waals surface area (Å²) in [5.74, 6) is 0. The second-order valence-electron chi connectivity index (χ2n) is 5.41. The van der Waals surface area contributed by atoms with E-state index >= 15 is 0 Å². The molecule has 94 valence electrons. The molecule has 0 saturated heterocycles. The van der Waals surface area contributed by atoms with Crippen LogP contribution in [-0.2, 0) is 17.8 Å². The van der Waals surface area contributed by atoms with Crippen molar-refractivity contribution >= 4 is 5.69 Å². The first-order valence-corrected chi connectivity index (χ1v) is 6.15. The van der Waals surface area contributed by atoms with Crippen LogP contribution in [0.25, 0.3) is 0 Å². The Kier molecular flexibility index (Phi) is 3.40. The van der Waals surface area contributed by atoms with Crippen molar-refractivity contribution in [2.45, 2.75) is 39.0 Å². The Morgan fingerprint density at radius 2 is 2.12 bits per heavy atom. The number of rotatable bonds is 4. The number of hydrogen-bond donors (Lipinski definition) is 1. The van der Waals surface area contributed by atoms with E-state index in [4.69, 9.17) is 10.5 Å². The molecule has 1 aromatic carbocycles. The number of ether oxygens (including phenoxy) is 1. The summed E-state index contributed by atoms with van der Waals surface area (Å²) in [5.41, 5.74) is 9.56. The van der Waals surface area contributed by atoms with Crippen LogP contribution in [0.1, 0.15) is 31.4 Å². The van der Waals surface area contributed by atoms with Crippen LogP contribution in [0.5, 0.6) is 0 Å². The van der Waals surface area contributed by atoms with Crippen molar-refractivity contribution in [2.75, 3.05) is 19.4 Å². The first kappa shape index (κ1) is 12.4. The van der Waals surface area contributed by atoms with Gasteiger partial charge in [0.2, 0.25) is 0 Å². The number of nitrogen functional groups attached to an aromatic ring is 1. The molecule has 0 unspecified atom stereocenters. The molecule has 1 aromatic rings. The van der Waals surface area contributed by atoms with Crippen molar-refractivity contribution in [2.24, 2.45) is 0 Å². The van der Waals surface area contributed by atoms with Gasteiger partial charge in [0.15, 0.2) is 0 Å². The highest BCUT2D eigenvalue weighted by molar-refractivity contribution is 5.52. The van der Waals surface area contributed by atoms with Gasteiger partial charge in [-0.1, -0.05) is 12.1 Å². The van der Waals surface area contributed by atoms with E-state index in [2.05, 4.69) is 24.8 Å². The topological polar surface area (TPSA) is 38.5 Å². The summed E-state index contributed by atoms with van der Waals surface area (Å²) in [4.78, 5) is 2.43. The summed E-state index contributed by atoms with van der Waals surface area (Å²) < 4.78 is 5.45. The van der Waals surface area contributed by atoms with Crippen molar-refractivity contribution in [3.8, 4) is 0 Å². The molecule has 1 aliphatic rings. The molecule has 0 fully saturated rings. The minimum Gasteiger partial charge on any atom is -0.398 e. The van der Waals surface area contributed by atoms with Crippen molar-refractivity contribution in [1.29, 1.82) is 0 Å². The zero-order valence-corrected chi connectivity index (χ0v) is 11.0. The molecule has 0 aliphatic carbocycles. The lowest BCUT2D eigenvalue weighted by molar-refractivity contribution is 0.00708. The van der Waals surface area contributed by atoms with E-state index in [1.807, 2.05) is 12.1 Å². The minimum absolute atomic E-state index is 0.0414. The molecule has 3 nitrogen and oxygen atoms in total. The maximum Gasteiger partial charge on any atom is 0.0634 e. The first-order valence-electron chi connectivity index (χ1n) is 6.15. The fraction of sp³-hybridized carbons (Fsp3) is 0.571. The highest BCUT2D eigenvalue weighted by Gasteiger charge is 2.23. The summed E-state index contributed by atoms with van der Waals surface area (Å²) in [6, 6.07) is 6.20. The number of benzene rings is 1. The fourth-order valence-electron chi connectivity index (χ4n) is 2.20. The third-order valence-electron chi connectivity index (χ3n) is 3.67. The minimum atomic E-state index is -0.0414. The molecule has 0 spiro atoms. The van der Waals surface area contributed by atoms with Crippen molar-refractivity contribution in [3.63, 3.8) is 0 Å². The Morgan fingerprint density at radius 1 is 1.35 bits per heavy atom. The molecule has 0 amide bonds. The van der Waals surface area contributed by atoms with E-state index in [0.717, 1.165) is 31.7 Å². The highest BCUT2D eigenvalue weighted by atomic mass is 16.5. The second kappa shape index (κ2) is 4.67. The van der Waals surface area contributed by atoms with E-state index in [1.165, 1.54) is 11.1 Å². The third kappa shape index (κ3) is 2.79. The predicted molar refractivity (Wildman–Crippen MR) is 70.7 cm³/mol. The predicted octanol–water partition coefficient (Wildman–Crippen LogP) is 2.40. The Balaban J connectivity index is 1.95. The lowest BCUT2D eigenvalue weighted by Crippen LogP contribution is -2.29. The Morgan fingerprint density at radius 3 is 2.76 bits per heavy atom. The van der Waals surface area contributed by atoms with Gasteiger partial charge in [-0.3, -0.25) is 4.90 Å². The number of methoxy groups -OCH3 is 1. The molecule has 17 heavy (non-hydrogen) atoms. The number of nitrogens with two attached hydrogens (primary N) is 1. The molecule has 0 atom stereocenters. The van der Waals surface area contributed by atoms with Crippen LogP contribution in [-0.4, -0.2) is 24.2 Å². The zero-order chi connectivity index (χ0) is 12.5. The Labute approximate surface area is 104 Å². The summed E-state index contributed by atoms with van der Waals surface area (Å²) >= 11 is 0. The molecule has 0 saturated carbocycles. The quantitative estimate of drug-likeness (QED) is 0.813. The average molecular weight is 234 g/mol. The van der Waals surface area contributed by atoms with Gasteiger partial charge < -0.3 is 10.5 Å². The lowest BCUT2D eigenvalue weighted by atomic mass is 10.1. The van der Waals surface area contributed by atoms with Crippen LogP contribution in [0.3, 0.4) is 0 Å². The fourth-order valence-corrected chi connectivity index (χ4v) is 2.20. The zero-order valence-electron chi connectivity index (χ0n) is 11.0. The van der Waals surface area contributed by atoms with Gasteiger partial charge >= 0.3 is 0 Å². The molecular formula is C14H22N2O. The normalized spacial score (nSPS) is 16.2. The summed E-state index contributed by atoms with van der Waals surface area (Å²) in [7, 11) is 1.77. The maximum atomic E-state index is 5.99. The standard InChI is InChI=1S/C14H22N2O/c1-14(2,17-3)7-8-16-9-11-5-4-6-13(15)12(11)10-16/h4-6H,7-10,15H2,1-3H3. The molecule has 0 radical (unpaired) electrons.